The van der Waals surface area contributed by atoms with Crippen LogP contribution in [0.25, 0.3) is 0 Å². The molecule has 0 heterocycles. The highest BCUT2D eigenvalue weighted by Gasteiger charge is 2.23. The Kier molecular flexibility index (Phi) is 4.70. The molecule has 6 heteroatoms. The predicted octanol–water partition coefficient (Wildman–Crippen LogP) is 3.28. The first kappa shape index (κ1) is 16.0. The number of sulfonamides is 1. The summed E-state index contributed by atoms with van der Waals surface area (Å²) in [5, 5.41) is 9.25. The number of benzene rings is 2. The van der Waals surface area contributed by atoms with Crippen molar-refractivity contribution in [2.75, 3.05) is 7.05 Å². The molecule has 21 heavy (non-hydrogen) atoms. The number of phenols is 1. The average Bonchev–Trinajstić information content (AvgIpc) is 2.40. The standard InChI is InChI=1S/C15H16BrNO3S/c1-11-3-8-15(14(16)9-11)21(19,20)17(2)10-12-4-6-13(18)7-5-12/h3-9,18H,10H2,1-2H3. The van der Waals surface area contributed by atoms with Crippen LogP contribution in [0.4, 0.5) is 0 Å². The van der Waals surface area contributed by atoms with Crippen molar-refractivity contribution in [2.24, 2.45) is 0 Å². The van der Waals surface area contributed by atoms with E-state index < -0.39 is 10.0 Å². The molecule has 0 aliphatic carbocycles. The minimum atomic E-state index is -3.57. The second-order valence-corrected chi connectivity index (χ2v) is 7.73. The molecule has 0 atom stereocenters. The van der Waals surface area contributed by atoms with Crippen LogP contribution in [0.1, 0.15) is 11.1 Å². The lowest BCUT2D eigenvalue weighted by molar-refractivity contribution is 0.463. The summed E-state index contributed by atoms with van der Waals surface area (Å²) < 4.78 is 27.0. The molecule has 2 rings (SSSR count). The maximum absolute atomic E-state index is 12.6. The van der Waals surface area contributed by atoms with Crippen LogP contribution in [0.5, 0.6) is 5.75 Å². The third-order valence-electron chi connectivity index (χ3n) is 3.12. The fourth-order valence-corrected chi connectivity index (χ4v) is 4.23. The molecule has 0 fully saturated rings. The number of nitrogens with zero attached hydrogens (tertiary/aromatic N) is 1. The Hall–Kier alpha value is -1.37. The van der Waals surface area contributed by atoms with Gasteiger partial charge < -0.3 is 5.11 Å². The molecule has 0 aliphatic rings. The number of hydrogen-bond donors (Lipinski definition) is 1. The van der Waals surface area contributed by atoms with Crippen molar-refractivity contribution in [1.29, 1.82) is 0 Å². The highest BCUT2D eigenvalue weighted by atomic mass is 79.9. The van der Waals surface area contributed by atoms with Gasteiger partial charge in [0.1, 0.15) is 5.75 Å². The third-order valence-corrected chi connectivity index (χ3v) is 5.90. The van der Waals surface area contributed by atoms with Crippen molar-refractivity contribution in [1.82, 2.24) is 4.31 Å². The first-order valence-corrected chi connectivity index (χ1v) is 8.54. The summed E-state index contributed by atoms with van der Waals surface area (Å²) in [5.41, 5.74) is 1.80. The van der Waals surface area contributed by atoms with E-state index in [1.54, 1.807) is 30.3 Å². The zero-order valence-electron chi connectivity index (χ0n) is 11.7. The van der Waals surface area contributed by atoms with Gasteiger partial charge in [0.25, 0.3) is 0 Å². The summed E-state index contributed by atoms with van der Waals surface area (Å²) in [6.07, 6.45) is 0. The smallest absolute Gasteiger partial charge is 0.244 e. The van der Waals surface area contributed by atoms with Crippen LogP contribution in [0.15, 0.2) is 51.8 Å². The van der Waals surface area contributed by atoms with Gasteiger partial charge in [0, 0.05) is 18.1 Å². The monoisotopic (exact) mass is 369 g/mol. The maximum atomic E-state index is 12.6. The second kappa shape index (κ2) is 6.17. The molecule has 0 saturated heterocycles. The topological polar surface area (TPSA) is 57.6 Å². The van der Waals surface area contributed by atoms with E-state index in [0.717, 1.165) is 11.1 Å². The summed E-state index contributed by atoms with van der Waals surface area (Å²) >= 11 is 3.31. The van der Waals surface area contributed by atoms with Gasteiger partial charge in [0.15, 0.2) is 0 Å². The Bertz CT molecular complexity index is 742. The van der Waals surface area contributed by atoms with Crippen molar-refractivity contribution in [3.8, 4) is 5.75 Å². The molecule has 1 N–H and O–H groups in total. The molecule has 0 saturated carbocycles. The highest BCUT2D eigenvalue weighted by Crippen LogP contribution is 2.26. The molecule has 112 valence electrons. The molecular formula is C15H16BrNO3S. The number of halogens is 1. The number of rotatable bonds is 4. The zero-order valence-corrected chi connectivity index (χ0v) is 14.1. The molecule has 2 aromatic rings. The highest BCUT2D eigenvalue weighted by molar-refractivity contribution is 9.10. The van der Waals surface area contributed by atoms with Crippen LogP contribution in [0.2, 0.25) is 0 Å². The van der Waals surface area contributed by atoms with Crippen LogP contribution in [-0.2, 0) is 16.6 Å². The van der Waals surface area contributed by atoms with E-state index in [0.29, 0.717) is 4.47 Å². The van der Waals surface area contributed by atoms with Gasteiger partial charge >= 0.3 is 0 Å². The van der Waals surface area contributed by atoms with Crippen molar-refractivity contribution in [3.63, 3.8) is 0 Å². The fourth-order valence-electron chi connectivity index (χ4n) is 1.93. The van der Waals surface area contributed by atoms with Gasteiger partial charge in [-0.05, 0) is 58.2 Å². The lowest BCUT2D eigenvalue weighted by Crippen LogP contribution is -2.26. The van der Waals surface area contributed by atoms with E-state index in [4.69, 9.17) is 0 Å². The predicted molar refractivity (Wildman–Crippen MR) is 85.6 cm³/mol. The number of aromatic hydroxyl groups is 1. The van der Waals surface area contributed by atoms with E-state index in [-0.39, 0.29) is 17.2 Å². The number of aryl methyl sites for hydroxylation is 1. The van der Waals surface area contributed by atoms with Crippen molar-refractivity contribution < 1.29 is 13.5 Å². The maximum Gasteiger partial charge on any atom is 0.244 e. The van der Waals surface area contributed by atoms with Gasteiger partial charge in [-0.2, -0.15) is 4.31 Å². The molecule has 0 aromatic heterocycles. The molecule has 4 nitrogen and oxygen atoms in total. The van der Waals surface area contributed by atoms with Gasteiger partial charge in [0.2, 0.25) is 10.0 Å². The van der Waals surface area contributed by atoms with Crippen LogP contribution >= 0.6 is 15.9 Å². The third kappa shape index (κ3) is 3.64. The van der Waals surface area contributed by atoms with Crippen LogP contribution < -0.4 is 0 Å². The Balaban J connectivity index is 2.28. The van der Waals surface area contributed by atoms with Gasteiger partial charge in [-0.25, -0.2) is 8.42 Å². The Morgan fingerprint density at radius 3 is 2.33 bits per heavy atom. The number of hydrogen-bond acceptors (Lipinski definition) is 3. The Morgan fingerprint density at radius 2 is 1.76 bits per heavy atom. The fraction of sp³-hybridized carbons (Fsp3) is 0.200. The van der Waals surface area contributed by atoms with Crippen LogP contribution in [0.3, 0.4) is 0 Å². The lowest BCUT2D eigenvalue weighted by Gasteiger charge is -2.18. The molecule has 0 unspecified atom stereocenters. The van der Waals surface area contributed by atoms with Gasteiger partial charge in [0.05, 0.1) is 4.90 Å². The quantitative estimate of drug-likeness (QED) is 0.899. The molecule has 2 aromatic carbocycles. The minimum absolute atomic E-state index is 0.158. The Morgan fingerprint density at radius 1 is 1.14 bits per heavy atom. The van der Waals surface area contributed by atoms with E-state index in [1.807, 2.05) is 6.92 Å². The molecule has 0 aliphatic heterocycles. The summed E-state index contributed by atoms with van der Waals surface area (Å²) in [7, 11) is -2.03. The summed E-state index contributed by atoms with van der Waals surface area (Å²) in [6, 6.07) is 11.6. The molecular weight excluding hydrogens is 354 g/mol. The van der Waals surface area contributed by atoms with E-state index in [2.05, 4.69) is 15.9 Å². The SMILES string of the molecule is Cc1ccc(S(=O)(=O)N(C)Cc2ccc(O)cc2)c(Br)c1. The summed E-state index contributed by atoms with van der Waals surface area (Å²) in [4.78, 5) is 0.245. The second-order valence-electron chi connectivity index (χ2n) is 4.86. The normalized spacial score (nSPS) is 11.8. The van der Waals surface area contributed by atoms with E-state index >= 15 is 0 Å². The van der Waals surface area contributed by atoms with E-state index in [9.17, 15) is 13.5 Å². The largest absolute Gasteiger partial charge is 0.508 e. The van der Waals surface area contributed by atoms with Crippen molar-refractivity contribution >= 4 is 26.0 Å². The first-order valence-electron chi connectivity index (χ1n) is 6.31. The average molecular weight is 370 g/mol. The van der Waals surface area contributed by atoms with Gasteiger partial charge in [-0.15, -0.1) is 0 Å². The van der Waals surface area contributed by atoms with Crippen molar-refractivity contribution in [3.05, 3.63) is 58.1 Å². The minimum Gasteiger partial charge on any atom is -0.508 e. The van der Waals surface area contributed by atoms with E-state index in [1.165, 1.54) is 23.5 Å². The molecule has 0 amide bonds. The van der Waals surface area contributed by atoms with Gasteiger partial charge in [-0.1, -0.05) is 18.2 Å². The van der Waals surface area contributed by atoms with Crippen molar-refractivity contribution in [2.45, 2.75) is 18.4 Å². The molecule has 0 spiro atoms. The number of phenolic OH excluding ortho intramolecular Hbond substituents is 1. The Labute approximate surface area is 133 Å². The van der Waals surface area contributed by atoms with Crippen LogP contribution in [-0.4, -0.2) is 24.9 Å². The summed E-state index contributed by atoms with van der Waals surface area (Å²) in [5.74, 6) is 0.158. The molecule has 0 radical (unpaired) electrons. The molecule has 0 bridgehead atoms. The summed E-state index contributed by atoms with van der Waals surface area (Å²) in [6.45, 7) is 2.14. The zero-order chi connectivity index (χ0) is 15.6. The first-order chi connectivity index (χ1) is 9.80. The van der Waals surface area contributed by atoms with Gasteiger partial charge in [-0.3, -0.25) is 0 Å². The lowest BCUT2D eigenvalue weighted by atomic mass is 10.2. The van der Waals surface area contributed by atoms with Crippen LogP contribution in [0, 0.1) is 6.92 Å².